The Morgan fingerprint density at radius 1 is 0.742 bits per heavy atom. The Bertz CT molecular complexity index is 924. The molecular weight excluding hydrogens is 491 g/mol. The van der Waals surface area contributed by atoms with Crippen molar-refractivity contribution in [3.05, 3.63) is 12.1 Å². The number of ether oxygens (including phenoxy) is 2. The van der Waals surface area contributed by atoms with E-state index in [1.54, 1.807) is 0 Å². The summed E-state index contributed by atoms with van der Waals surface area (Å²) in [4.78, 5) is 0. The number of halogens is 9. The van der Waals surface area contributed by atoms with Crippen molar-refractivity contribution < 1.29 is 61.6 Å². The van der Waals surface area contributed by atoms with Gasteiger partial charge in [-0.25, -0.2) is 0 Å². The molecule has 0 N–H and O–H groups in total. The molecule has 0 heterocycles. The van der Waals surface area contributed by atoms with Crippen molar-refractivity contribution in [2.24, 2.45) is 0 Å². The van der Waals surface area contributed by atoms with E-state index in [2.05, 4.69) is 4.18 Å². The lowest BCUT2D eigenvalue weighted by Crippen LogP contribution is -2.64. The van der Waals surface area contributed by atoms with E-state index in [0.717, 1.165) is 20.3 Å². The lowest BCUT2D eigenvalue weighted by atomic mass is 10.1. The first-order chi connectivity index (χ1) is 13.6. The monoisotopic (exact) mass is 508 g/mol. The predicted molar refractivity (Wildman–Crippen MR) is 93.0 cm³/mol. The van der Waals surface area contributed by atoms with Gasteiger partial charge in [0.25, 0.3) is 0 Å². The number of rotatable bonds is 8. The maximum atomic E-state index is 14.0. The first kappa shape index (κ1) is 27.2. The van der Waals surface area contributed by atoms with Gasteiger partial charge in [-0.05, 0) is 11.3 Å². The summed E-state index contributed by atoms with van der Waals surface area (Å²) >= 11 is 0. The van der Waals surface area contributed by atoms with Crippen molar-refractivity contribution in [2.45, 2.75) is 42.9 Å². The molecule has 0 saturated carbocycles. The Balaban J connectivity index is 3.68. The van der Waals surface area contributed by atoms with Crippen molar-refractivity contribution in [3.63, 3.8) is 0 Å². The van der Waals surface area contributed by atoms with Crippen LogP contribution in [-0.2, 0) is 10.1 Å². The van der Waals surface area contributed by atoms with Crippen molar-refractivity contribution in [3.8, 4) is 17.2 Å². The highest BCUT2D eigenvalue weighted by Gasteiger charge is 2.86. The van der Waals surface area contributed by atoms with Crippen LogP contribution in [0.4, 0.5) is 39.5 Å². The van der Waals surface area contributed by atoms with Crippen LogP contribution in [0, 0.1) is 0 Å². The van der Waals surface area contributed by atoms with Gasteiger partial charge in [-0.3, -0.25) is 0 Å². The first-order valence-electron chi connectivity index (χ1n) is 7.99. The minimum atomic E-state index is -7.40. The smallest absolute Gasteiger partial charge is 0.460 e. The van der Waals surface area contributed by atoms with Gasteiger partial charge in [0.15, 0.2) is 11.5 Å². The molecule has 0 aliphatic rings. The third kappa shape index (κ3) is 4.54. The zero-order valence-corrected chi connectivity index (χ0v) is 18.3. The molecule has 16 heteroatoms. The molecule has 180 valence electrons. The van der Waals surface area contributed by atoms with Crippen LogP contribution >= 0.6 is 0 Å². The van der Waals surface area contributed by atoms with Gasteiger partial charge in [-0.1, -0.05) is 19.6 Å². The summed E-state index contributed by atoms with van der Waals surface area (Å²) in [7, 11) is -7.59. The van der Waals surface area contributed by atoms with Crippen molar-refractivity contribution in [1.29, 1.82) is 0 Å². The minimum Gasteiger partial charge on any atom is -0.493 e. The molecule has 0 bridgehead atoms. The molecule has 0 unspecified atom stereocenters. The average Bonchev–Trinajstić information content (AvgIpc) is 2.58. The molecule has 0 saturated heterocycles. The van der Waals surface area contributed by atoms with E-state index in [0.29, 0.717) is 6.07 Å². The Morgan fingerprint density at radius 3 is 1.52 bits per heavy atom. The van der Waals surface area contributed by atoms with Gasteiger partial charge in [0, 0.05) is 6.07 Å². The van der Waals surface area contributed by atoms with Crippen LogP contribution in [0.25, 0.3) is 0 Å². The van der Waals surface area contributed by atoms with Gasteiger partial charge >= 0.3 is 33.4 Å². The van der Waals surface area contributed by atoms with Gasteiger partial charge in [0.1, 0.15) is 5.75 Å². The van der Waals surface area contributed by atoms with E-state index in [4.69, 9.17) is 9.47 Å². The molecule has 31 heavy (non-hydrogen) atoms. The van der Waals surface area contributed by atoms with Gasteiger partial charge in [-0.2, -0.15) is 47.9 Å². The lowest BCUT2D eigenvalue weighted by molar-refractivity contribution is -0.382. The molecule has 0 aliphatic carbocycles. The molecule has 1 aromatic carbocycles. The van der Waals surface area contributed by atoms with E-state index < -0.39 is 47.2 Å². The van der Waals surface area contributed by atoms with Gasteiger partial charge in [0.05, 0.1) is 22.3 Å². The van der Waals surface area contributed by atoms with Crippen molar-refractivity contribution in [1.82, 2.24) is 0 Å². The zero-order valence-electron chi connectivity index (χ0n) is 16.5. The molecule has 0 fully saturated rings. The summed E-state index contributed by atoms with van der Waals surface area (Å²) in [6.45, 7) is 4.62. The van der Waals surface area contributed by atoms with Crippen LogP contribution in [0.1, 0.15) is 0 Å². The minimum absolute atomic E-state index is 0.0367. The summed E-state index contributed by atoms with van der Waals surface area (Å²) in [6, 6.07) is 1.75. The van der Waals surface area contributed by atoms with Crippen LogP contribution < -0.4 is 18.8 Å². The molecule has 0 spiro atoms. The van der Waals surface area contributed by atoms with E-state index in [9.17, 15) is 47.9 Å². The third-order valence-electron chi connectivity index (χ3n) is 3.92. The van der Waals surface area contributed by atoms with Gasteiger partial charge in [0.2, 0.25) is 0 Å². The second-order valence-electron chi connectivity index (χ2n) is 7.15. The average molecular weight is 508 g/mol. The molecule has 0 radical (unpaired) electrons. The highest BCUT2D eigenvalue weighted by molar-refractivity contribution is 7.88. The Hall–Kier alpha value is -1.84. The standard InChI is InChI=1S/C15H17F9O5SSi/c1-27-8-6-10(11(31(3,4)5)7-9(8)28-2)29-30(25,26)15(23,24)13(18,19)12(16,17)14(20,21)22/h6-7H,1-5H3. The van der Waals surface area contributed by atoms with E-state index in [1.807, 2.05) is 0 Å². The van der Waals surface area contributed by atoms with Crippen LogP contribution in [0.15, 0.2) is 12.1 Å². The molecule has 5 nitrogen and oxygen atoms in total. The van der Waals surface area contributed by atoms with Crippen molar-refractivity contribution >= 4 is 23.4 Å². The van der Waals surface area contributed by atoms with E-state index >= 15 is 0 Å². The summed E-state index contributed by atoms with van der Waals surface area (Å²) < 4.78 is 155. The van der Waals surface area contributed by atoms with Crippen LogP contribution in [0.2, 0.25) is 19.6 Å². The Kier molecular flexibility index (Phi) is 6.96. The number of methoxy groups -OCH3 is 2. The Labute approximate surface area is 172 Å². The quantitative estimate of drug-likeness (QED) is 0.296. The normalized spacial score (nSPS) is 14.4. The second kappa shape index (κ2) is 7.93. The maximum Gasteiger partial charge on any atom is 0.460 e. The predicted octanol–water partition coefficient (Wildman–Crippen LogP) is 4.38. The summed E-state index contributed by atoms with van der Waals surface area (Å²) in [5, 5.41) is -7.08. The number of hydrogen-bond acceptors (Lipinski definition) is 5. The molecule has 0 aliphatic heterocycles. The van der Waals surface area contributed by atoms with Crippen LogP contribution in [0.3, 0.4) is 0 Å². The molecule has 0 atom stereocenters. The number of hydrogen-bond donors (Lipinski definition) is 0. The molecular formula is C15H17F9O5SSi. The summed E-state index contributed by atoms with van der Waals surface area (Å²) in [5.74, 6) is -16.1. The fraction of sp³-hybridized carbons (Fsp3) is 0.600. The SMILES string of the molecule is COc1cc(OS(=O)(=O)C(F)(F)C(F)(F)C(F)(F)C(F)(F)F)c([Si](C)(C)C)cc1OC. The second-order valence-corrected chi connectivity index (χ2v) is 13.8. The molecule has 0 aromatic heterocycles. The third-order valence-corrected chi connectivity index (χ3v) is 7.21. The highest BCUT2D eigenvalue weighted by atomic mass is 32.2. The van der Waals surface area contributed by atoms with Crippen LogP contribution in [-0.4, -0.2) is 54.0 Å². The van der Waals surface area contributed by atoms with E-state index in [-0.39, 0.29) is 16.7 Å². The molecule has 1 aromatic rings. The molecule has 0 amide bonds. The first-order valence-corrected chi connectivity index (χ1v) is 12.9. The largest absolute Gasteiger partial charge is 0.493 e. The number of alkyl halides is 9. The molecule has 1 rings (SSSR count). The summed E-state index contributed by atoms with van der Waals surface area (Å²) in [6.07, 6.45) is -7.18. The van der Waals surface area contributed by atoms with Crippen molar-refractivity contribution in [2.75, 3.05) is 14.2 Å². The van der Waals surface area contributed by atoms with Crippen LogP contribution in [0.5, 0.6) is 17.2 Å². The van der Waals surface area contributed by atoms with E-state index in [1.165, 1.54) is 19.6 Å². The summed E-state index contributed by atoms with van der Waals surface area (Å²) in [5.41, 5.74) is 0. The van der Waals surface area contributed by atoms with Gasteiger partial charge in [-0.15, -0.1) is 0 Å². The fourth-order valence-electron chi connectivity index (χ4n) is 2.20. The van der Waals surface area contributed by atoms with Gasteiger partial charge < -0.3 is 13.7 Å². The lowest BCUT2D eigenvalue weighted by Gasteiger charge is -2.33. The topological polar surface area (TPSA) is 61.8 Å². The zero-order chi connectivity index (χ0) is 24.8. The highest BCUT2D eigenvalue weighted by Crippen LogP contribution is 2.55. The maximum absolute atomic E-state index is 14.0. The Morgan fingerprint density at radius 2 is 1.16 bits per heavy atom. The fourth-order valence-corrected chi connectivity index (χ4v) is 4.63. The number of benzene rings is 1.